The van der Waals surface area contributed by atoms with Crippen molar-refractivity contribution in [3.8, 4) is 11.5 Å². The summed E-state index contributed by atoms with van der Waals surface area (Å²) >= 11 is 0. The third-order valence-corrected chi connectivity index (χ3v) is 6.63. The lowest BCUT2D eigenvalue weighted by Crippen LogP contribution is -2.31. The number of likely N-dealkylation sites (tertiary alicyclic amines) is 1. The molecule has 1 aliphatic heterocycles. The summed E-state index contributed by atoms with van der Waals surface area (Å²) in [6.45, 7) is 0.308. The van der Waals surface area contributed by atoms with Crippen LogP contribution in [0.2, 0.25) is 0 Å². The third kappa shape index (κ3) is 4.09. The molecule has 7 heteroatoms. The van der Waals surface area contributed by atoms with Gasteiger partial charge in [0.25, 0.3) is 11.7 Å². The van der Waals surface area contributed by atoms with Crippen LogP contribution in [-0.2, 0) is 16.0 Å². The van der Waals surface area contributed by atoms with Crippen LogP contribution >= 0.6 is 0 Å². The monoisotopic (exact) mass is 482 g/mol. The number of hydrogen-bond acceptors (Lipinski definition) is 5. The molecule has 1 aliphatic rings. The summed E-state index contributed by atoms with van der Waals surface area (Å²) in [6, 6.07) is 21.1. The number of H-pyrrole nitrogens is 1. The van der Waals surface area contributed by atoms with Crippen LogP contribution < -0.4 is 9.47 Å². The predicted octanol–water partition coefficient (Wildman–Crippen LogP) is 4.85. The van der Waals surface area contributed by atoms with Gasteiger partial charge in [-0.15, -0.1) is 0 Å². The highest BCUT2D eigenvalue weighted by Gasteiger charge is 2.45. The van der Waals surface area contributed by atoms with Crippen LogP contribution in [0.25, 0.3) is 16.7 Å². The molecule has 0 unspecified atom stereocenters. The van der Waals surface area contributed by atoms with Crippen LogP contribution in [0.4, 0.5) is 0 Å². The highest BCUT2D eigenvalue weighted by Crippen LogP contribution is 2.40. The van der Waals surface area contributed by atoms with Gasteiger partial charge in [0.15, 0.2) is 0 Å². The van der Waals surface area contributed by atoms with Gasteiger partial charge in [0, 0.05) is 29.2 Å². The Kier molecular flexibility index (Phi) is 6.21. The molecule has 0 spiro atoms. The van der Waals surface area contributed by atoms with Gasteiger partial charge in [-0.05, 0) is 60.0 Å². The molecule has 7 nitrogen and oxygen atoms in total. The quantitative estimate of drug-likeness (QED) is 0.223. The van der Waals surface area contributed by atoms with Crippen molar-refractivity contribution in [3.05, 3.63) is 101 Å². The Bertz CT molecular complexity index is 1450. The second-order valence-corrected chi connectivity index (χ2v) is 8.60. The molecule has 1 atom stereocenters. The molecule has 3 aromatic carbocycles. The van der Waals surface area contributed by atoms with Crippen LogP contribution in [-0.4, -0.2) is 47.4 Å². The maximum absolute atomic E-state index is 13.3. The summed E-state index contributed by atoms with van der Waals surface area (Å²) in [5.74, 6) is -0.276. The molecule has 182 valence electrons. The summed E-state index contributed by atoms with van der Waals surface area (Å²) in [6.07, 6.45) is 2.48. The molecule has 1 aromatic heterocycles. The molecule has 0 bridgehead atoms. The van der Waals surface area contributed by atoms with Crippen molar-refractivity contribution in [2.24, 2.45) is 0 Å². The number of aliphatic hydroxyl groups is 1. The van der Waals surface area contributed by atoms with E-state index in [0.29, 0.717) is 35.6 Å². The van der Waals surface area contributed by atoms with E-state index in [-0.39, 0.29) is 11.3 Å². The summed E-state index contributed by atoms with van der Waals surface area (Å²) in [5, 5.41) is 12.3. The Labute approximate surface area is 208 Å². The number of amides is 1. The maximum Gasteiger partial charge on any atom is 0.295 e. The Morgan fingerprint density at radius 3 is 2.22 bits per heavy atom. The fraction of sp³-hybridized carbons (Fsp3) is 0.172. The number of Topliss-reactive ketones (excluding diaryl/α,β-unsaturated/α-hetero) is 1. The van der Waals surface area contributed by atoms with Crippen molar-refractivity contribution in [1.29, 1.82) is 0 Å². The summed E-state index contributed by atoms with van der Waals surface area (Å²) in [4.78, 5) is 31.3. The lowest BCUT2D eigenvalue weighted by atomic mass is 9.95. The van der Waals surface area contributed by atoms with E-state index in [1.807, 2.05) is 42.6 Å². The number of hydrogen-bond donors (Lipinski definition) is 2. The number of aromatic nitrogens is 1. The van der Waals surface area contributed by atoms with Crippen molar-refractivity contribution in [3.63, 3.8) is 0 Å². The number of ketones is 1. The number of benzene rings is 3. The molecule has 36 heavy (non-hydrogen) atoms. The van der Waals surface area contributed by atoms with Crippen LogP contribution in [0, 0.1) is 0 Å². The number of rotatable bonds is 7. The van der Waals surface area contributed by atoms with E-state index < -0.39 is 17.7 Å². The minimum atomic E-state index is -0.733. The van der Waals surface area contributed by atoms with Crippen molar-refractivity contribution < 1.29 is 24.2 Å². The molecule has 0 radical (unpaired) electrons. The zero-order valence-corrected chi connectivity index (χ0v) is 20.0. The number of carbonyl (C=O) groups is 2. The largest absolute Gasteiger partial charge is 0.507 e. The van der Waals surface area contributed by atoms with E-state index in [2.05, 4.69) is 4.98 Å². The minimum absolute atomic E-state index is 0.0641. The molecule has 0 aliphatic carbocycles. The van der Waals surface area contributed by atoms with Crippen molar-refractivity contribution >= 4 is 28.4 Å². The molecule has 2 N–H and O–H groups in total. The number of nitrogens with one attached hydrogen (secondary N) is 1. The van der Waals surface area contributed by atoms with Crippen LogP contribution in [0.1, 0.15) is 22.7 Å². The summed E-state index contributed by atoms with van der Waals surface area (Å²) in [5.41, 5.74) is 3.28. The van der Waals surface area contributed by atoms with Crippen LogP contribution in [0.3, 0.4) is 0 Å². The first-order chi connectivity index (χ1) is 17.5. The van der Waals surface area contributed by atoms with E-state index in [9.17, 15) is 14.7 Å². The number of carbonyl (C=O) groups excluding carboxylic acids is 2. The van der Waals surface area contributed by atoms with Crippen molar-refractivity contribution in [2.45, 2.75) is 12.5 Å². The summed E-state index contributed by atoms with van der Waals surface area (Å²) in [7, 11) is 3.13. The minimum Gasteiger partial charge on any atom is -0.507 e. The fourth-order valence-electron chi connectivity index (χ4n) is 4.73. The number of fused-ring (bicyclic) bond motifs is 1. The molecular formula is C29H26N2O5. The predicted molar refractivity (Wildman–Crippen MR) is 137 cm³/mol. The van der Waals surface area contributed by atoms with Gasteiger partial charge >= 0.3 is 0 Å². The van der Waals surface area contributed by atoms with Gasteiger partial charge in [-0.2, -0.15) is 0 Å². The zero-order chi connectivity index (χ0) is 25.2. The van der Waals surface area contributed by atoms with Crippen LogP contribution in [0.5, 0.6) is 11.5 Å². The van der Waals surface area contributed by atoms with Gasteiger partial charge in [-0.1, -0.05) is 30.3 Å². The highest BCUT2D eigenvalue weighted by atomic mass is 16.5. The Morgan fingerprint density at radius 2 is 1.56 bits per heavy atom. The molecule has 0 saturated carbocycles. The standard InChI is InChI=1S/C29H26N2O5/c1-35-21-11-7-18(8-12-21)26-25(27(32)19-9-13-22(36-2)14-10-19)28(33)29(34)31(26)16-15-20-17-30-24-6-4-3-5-23(20)24/h3-14,17,26,30,32H,15-16H2,1-2H3/t26-/m1/s1. The number of aliphatic hydroxyl groups excluding tert-OH is 1. The molecule has 4 aromatic rings. The normalized spacial score (nSPS) is 17.1. The van der Waals surface area contributed by atoms with E-state index in [0.717, 1.165) is 16.5 Å². The van der Waals surface area contributed by atoms with Gasteiger partial charge in [0.1, 0.15) is 17.3 Å². The van der Waals surface area contributed by atoms with Gasteiger partial charge in [0.2, 0.25) is 0 Å². The molecule has 1 saturated heterocycles. The lowest BCUT2D eigenvalue weighted by molar-refractivity contribution is -0.139. The first-order valence-corrected chi connectivity index (χ1v) is 11.6. The maximum atomic E-state index is 13.3. The first kappa shape index (κ1) is 23.2. The smallest absolute Gasteiger partial charge is 0.295 e. The average Bonchev–Trinajstić information content (AvgIpc) is 3.45. The first-order valence-electron chi connectivity index (χ1n) is 11.6. The average molecular weight is 483 g/mol. The van der Waals surface area contributed by atoms with Gasteiger partial charge in [-0.3, -0.25) is 9.59 Å². The van der Waals surface area contributed by atoms with E-state index in [1.54, 1.807) is 55.5 Å². The van der Waals surface area contributed by atoms with Crippen molar-refractivity contribution in [1.82, 2.24) is 9.88 Å². The second kappa shape index (κ2) is 9.62. The molecular weight excluding hydrogens is 456 g/mol. The lowest BCUT2D eigenvalue weighted by Gasteiger charge is -2.25. The molecule has 1 amide bonds. The Hall–Kier alpha value is -4.52. The van der Waals surface area contributed by atoms with Crippen LogP contribution in [0.15, 0.2) is 84.6 Å². The number of ether oxygens (including phenoxy) is 2. The second-order valence-electron chi connectivity index (χ2n) is 8.60. The van der Waals surface area contributed by atoms with Crippen molar-refractivity contribution in [2.75, 3.05) is 20.8 Å². The van der Waals surface area contributed by atoms with E-state index in [4.69, 9.17) is 9.47 Å². The van der Waals surface area contributed by atoms with Gasteiger partial charge < -0.3 is 24.5 Å². The number of methoxy groups -OCH3 is 2. The number of aromatic amines is 1. The zero-order valence-electron chi connectivity index (χ0n) is 20.0. The SMILES string of the molecule is COc1ccc(C(O)=C2C(=O)C(=O)N(CCc3c[nH]c4ccccc34)[C@@H]2c2ccc(OC)cc2)cc1. The summed E-state index contributed by atoms with van der Waals surface area (Å²) < 4.78 is 10.5. The van der Waals surface area contributed by atoms with E-state index >= 15 is 0 Å². The topological polar surface area (TPSA) is 91.9 Å². The molecule has 2 heterocycles. The van der Waals surface area contributed by atoms with Gasteiger partial charge in [-0.25, -0.2) is 0 Å². The molecule has 1 fully saturated rings. The van der Waals surface area contributed by atoms with Gasteiger partial charge in [0.05, 0.1) is 25.8 Å². The molecule has 5 rings (SSSR count). The number of para-hydroxylation sites is 1. The Morgan fingerprint density at radius 1 is 0.917 bits per heavy atom. The fourth-order valence-corrected chi connectivity index (χ4v) is 4.73. The number of nitrogens with zero attached hydrogens (tertiary/aromatic N) is 1. The third-order valence-electron chi connectivity index (χ3n) is 6.63. The Balaban J connectivity index is 1.55. The van der Waals surface area contributed by atoms with E-state index in [1.165, 1.54) is 0 Å². The highest BCUT2D eigenvalue weighted by molar-refractivity contribution is 6.46.